The molecule has 0 spiro atoms. The van der Waals surface area contributed by atoms with Gasteiger partial charge < -0.3 is 29.6 Å². The van der Waals surface area contributed by atoms with Gasteiger partial charge in [-0.1, -0.05) is 87.3 Å². The van der Waals surface area contributed by atoms with E-state index in [1.165, 1.54) is 12.2 Å². The van der Waals surface area contributed by atoms with E-state index in [2.05, 4.69) is 10.6 Å². The van der Waals surface area contributed by atoms with Crippen LogP contribution in [0.2, 0.25) is 10.0 Å². The van der Waals surface area contributed by atoms with Crippen LogP contribution in [0.25, 0.3) is 0 Å². The van der Waals surface area contributed by atoms with E-state index in [0.717, 1.165) is 44.5 Å². The van der Waals surface area contributed by atoms with Crippen molar-refractivity contribution in [2.45, 2.75) is 84.8 Å². The van der Waals surface area contributed by atoms with Gasteiger partial charge in [-0.05, 0) is 94.5 Å². The highest BCUT2D eigenvalue weighted by molar-refractivity contribution is 6.34. The average molecular weight is 840 g/mol. The molecule has 0 aromatic heterocycles. The van der Waals surface area contributed by atoms with Gasteiger partial charge in [0.2, 0.25) is 0 Å². The molecule has 6 rings (SSSR count). The van der Waals surface area contributed by atoms with Crippen molar-refractivity contribution in [1.82, 2.24) is 0 Å². The number of carbonyl (C=O) groups excluding carboxylic acids is 4. The number of anilines is 2. The van der Waals surface area contributed by atoms with Gasteiger partial charge in [0, 0.05) is 40.0 Å². The molecule has 0 radical (unpaired) electrons. The van der Waals surface area contributed by atoms with E-state index >= 15 is 0 Å². The Bertz CT molecular complexity index is 2170. The number of methoxy groups -OCH3 is 2. The van der Waals surface area contributed by atoms with Crippen molar-refractivity contribution >= 4 is 58.0 Å². The van der Waals surface area contributed by atoms with Gasteiger partial charge in [-0.2, -0.15) is 0 Å². The molecule has 0 unspecified atom stereocenters. The van der Waals surface area contributed by atoms with Crippen molar-refractivity contribution in [3.05, 3.63) is 139 Å². The Morgan fingerprint density at radius 3 is 1.31 bits per heavy atom. The second kappa shape index (κ2) is 19.0. The highest BCUT2D eigenvalue weighted by atomic mass is 35.5. The van der Waals surface area contributed by atoms with Crippen LogP contribution in [0.1, 0.15) is 97.3 Å². The second-order valence-electron chi connectivity index (χ2n) is 14.3. The number of carbonyl (C=O) groups is 4. The van der Waals surface area contributed by atoms with Crippen molar-refractivity contribution in [1.29, 1.82) is 0 Å². The number of aryl methyl sites for hydroxylation is 2. The first-order chi connectivity index (χ1) is 28.4. The fourth-order valence-electron chi connectivity index (χ4n) is 7.51. The Morgan fingerprint density at radius 1 is 0.610 bits per heavy atom. The number of halogens is 2. The molecule has 0 bridgehead atoms. The zero-order valence-corrected chi connectivity index (χ0v) is 35.6. The first-order valence-electron chi connectivity index (χ1n) is 19.8. The Labute approximate surface area is 354 Å². The minimum absolute atomic E-state index is 0.0699. The van der Waals surface area contributed by atoms with Crippen LogP contribution >= 0.6 is 23.2 Å². The summed E-state index contributed by atoms with van der Waals surface area (Å²) in [6.07, 6.45) is 4.05. The number of benzene rings is 4. The number of amides is 2. The van der Waals surface area contributed by atoms with Crippen molar-refractivity contribution in [2.24, 2.45) is 0 Å². The minimum Gasteiger partial charge on any atom is -0.497 e. The number of nitrogens with one attached hydrogen (secondary N) is 2. The molecule has 2 amide bonds. The maximum absolute atomic E-state index is 13.7. The summed E-state index contributed by atoms with van der Waals surface area (Å²) in [6.45, 7) is 7.92. The quantitative estimate of drug-likeness (QED) is 0.128. The van der Waals surface area contributed by atoms with Crippen LogP contribution in [0.3, 0.4) is 0 Å². The minimum atomic E-state index is -0.619. The lowest BCUT2D eigenvalue weighted by Crippen LogP contribution is -2.25. The predicted molar refractivity (Wildman–Crippen MR) is 230 cm³/mol. The molecule has 2 heterocycles. The van der Waals surface area contributed by atoms with Gasteiger partial charge in [0.25, 0.3) is 11.8 Å². The van der Waals surface area contributed by atoms with Crippen LogP contribution in [0.5, 0.6) is 11.5 Å². The summed E-state index contributed by atoms with van der Waals surface area (Å²) in [4.78, 5) is 53.0. The number of hydrogen-bond acceptors (Lipinski definition) is 8. The number of rotatable bonds is 14. The van der Waals surface area contributed by atoms with Gasteiger partial charge in [-0.3, -0.25) is 19.2 Å². The van der Waals surface area contributed by atoms with Crippen LogP contribution in [0.4, 0.5) is 11.4 Å². The zero-order chi connectivity index (χ0) is 42.4. The Kier molecular flexibility index (Phi) is 13.8. The number of allylic oxidation sites excluding steroid dienone is 2. The molecule has 10 nitrogen and oxygen atoms in total. The topological polar surface area (TPSA) is 129 Å². The lowest BCUT2D eigenvalue weighted by atomic mass is 9.92. The Balaban J connectivity index is 1.24. The van der Waals surface area contributed by atoms with E-state index in [0.29, 0.717) is 65.0 Å². The fraction of sp³-hybridized carbons (Fsp3) is 0.319. The summed E-state index contributed by atoms with van der Waals surface area (Å²) >= 11 is 14.3. The van der Waals surface area contributed by atoms with Crippen LogP contribution in [-0.2, 0) is 60.8 Å². The Morgan fingerprint density at radius 2 is 0.983 bits per heavy atom. The lowest BCUT2D eigenvalue weighted by Gasteiger charge is -2.26. The molecule has 0 aliphatic carbocycles. The lowest BCUT2D eigenvalue weighted by molar-refractivity contribution is -0.124. The molecule has 59 heavy (non-hydrogen) atoms. The van der Waals surface area contributed by atoms with E-state index in [1.807, 2.05) is 64.1 Å². The molecule has 0 fully saturated rings. The number of ketones is 2. The fourth-order valence-corrected chi connectivity index (χ4v) is 8.21. The molecular weight excluding hydrogens is 791 g/mol. The highest BCUT2D eigenvalue weighted by Gasteiger charge is 2.30. The molecule has 2 N–H and O–H groups in total. The first kappa shape index (κ1) is 43.0. The van der Waals surface area contributed by atoms with Crippen LogP contribution < -0.4 is 20.1 Å². The maximum Gasteiger partial charge on any atom is 0.290 e. The van der Waals surface area contributed by atoms with E-state index in [1.54, 1.807) is 38.5 Å². The molecule has 4 aromatic carbocycles. The molecular formula is C47H48Cl2N2O8. The normalized spacial score (nSPS) is 16.3. The molecule has 0 saturated carbocycles. The molecule has 2 aliphatic heterocycles. The summed E-state index contributed by atoms with van der Waals surface area (Å²) in [5.74, 6) is -0.302. The summed E-state index contributed by atoms with van der Waals surface area (Å²) in [5.41, 5.74) is 7.54. The maximum atomic E-state index is 13.7. The van der Waals surface area contributed by atoms with E-state index in [4.69, 9.17) is 42.1 Å². The van der Waals surface area contributed by atoms with Crippen LogP contribution in [0.15, 0.2) is 84.3 Å². The van der Waals surface area contributed by atoms with Gasteiger partial charge in [-0.15, -0.1) is 0 Å². The van der Waals surface area contributed by atoms with Crippen LogP contribution in [0, 0.1) is 0 Å². The molecule has 308 valence electrons. The second-order valence-corrected chi connectivity index (χ2v) is 15.1. The van der Waals surface area contributed by atoms with E-state index in [9.17, 15) is 19.2 Å². The predicted octanol–water partition coefficient (Wildman–Crippen LogP) is 9.96. The van der Waals surface area contributed by atoms with Crippen LogP contribution in [-0.4, -0.2) is 37.6 Å². The average Bonchev–Trinajstić information content (AvgIpc) is 3.25. The number of hydrogen-bond donors (Lipinski definition) is 2. The summed E-state index contributed by atoms with van der Waals surface area (Å²) in [7, 11) is 3.15. The number of ether oxygens (including phenoxy) is 4. The standard InChI is InChI=1S/C47H48Cl2N2O8/c1-7-26-19-30(42(48)36(9-3)44(26)50-46(54)40-24-32(52)22-38(58-40)28-11-15-34(56-5)16-12-28)21-31-20-27(8-2)45(37(10-4)43(31)49)51-47(55)41-25-33(53)23-39(59-41)29-13-17-35(57-6)18-14-29/h11-20,24-25,38-39H,7-10,21-23H2,1-6H3,(H,50,54)(H,51,55)/t38-,39-/m0/s1. The monoisotopic (exact) mass is 838 g/mol. The molecule has 0 saturated heterocycles. The van der Waals surface area contributed by atoms with Crippen molar-refractivity contribution in [2.75, 3.05) is 24.9 Å². The van der Waals surface area contributed by atoms with E-state index in [-0.39, 0.29) is 35.9 Å². The SMILES string of the molecule is CCc1cc(Cc2cc(CC)c(NC(=O)C3=CC(=O)C[C@@H](c4ccc(OC)cc4)O3)c(CC)c2Cl)c(Cl)c(CC)c1NC(=O)C1=CC(=O)C[C@@H](c2ccc(OC)cc2)O1. The van der Waals surface area contributed by atoms with Crippen molar-refractivity contribution < 1.29 is 38.1 Å². The molecule has 4 aromatic rings. The van der Waals surface area contributed by atoms with Crippen molar-refractivity contribution in [3.63, 3.8) is 0 Å². The third kappa shape index (κ3) is 9.50. The summed E-state index contributed by atoms with van der Waals surface area (Å²) in [5, 5.41) is 7.02. The zero-order valence-electron chi connectivity index (χ0n) is 34.1. The van der Waals surface area contributed by atoms with E-state index < -0.39 is 24.0 Å². The van der Waals surface area contributed by atoms with Gasteiger partial charge in [0.05, 0.1) is 27.1 Å². The smallest absolute Gasteiger partial charge is 0.290 e. The van der Waals surface area contributed by atoms with Gasteiger partial charge in [0.15, 0.2) is 23.1 Å². The summed E-state index contributed by atoms with van der Waals surface area (Å²) in [6, 6.07) is 18.4. The third-order valence-electron chi connectivity index (χ3n) is 10.7. The Hall–Kier alpha value is -5.58. The van der Waals surface area contributed by atoms with Gasteiger partial charge in [0.1, 0.15) is 23.7 Å². The third-order valence-corrected chi connectivity index (χ3v) is 11.6. The molecule has 2 atom stereocenters. The first-order valence-corrected chi connectivity index (χ1v) is 20.6. The van der Waals surface area contributed by atoms with Gasteiger partial charge in [-0.25, -0.2) is 0 Å². The van der Waals surface area contributed by atoms with Crippen molar-refractivity contribution in [3.8, 4) is 11.5 Å². The molecule has 12 heteroatoms. The largest absolute Gasteiger partial charge is 0.497 e. The summed E-state index contributed by atoms with van der Waals surface area (Å²) < 4.78 is 22.7. The molecule has 2 aliphatic rings. The van der Waals surface area contributed by atoms with Gasteiger partial charge >= 0.3 is 0 Å². The highest BCUT2D eigenvalue weighted by Crippen LogP contribution is 2.40.